The summed E-state index contributed by atoms with van der Waals surface area (Å²) in [7, 11) is 0. The van der Waals surface area contributed by atoms with Gasteiger partial charge in [0.05, 0.1) is 11.6 Å². The lowest BCUT2D eigenvalue weighted by Gasteiger charge is -2.34. The molecule has 0 aliphatic heterocycles. The molecule has 0 amide bonds. The van der Waals surface area contributed by atoms with E-state index in [0.717, 1.165) is 25.7 Å². The third-order valence-electron chi connectivity index (χ3n) is 4.20. The van der Waals surface area contributed by atoms with Gasteiger partial charge in [0.25, 0.3) is 0 Å². The van der Waals surface area contributed by atoms with Gasteiger partial charge in [0, 0.05) is 25.0 Å². The van der Waals surface area contributed by atoms with Crippen molar-refractivity contribution in [2.45, 2.75) is 63.6 Å². The minimum absolute atomic E-state index is 0.298. The Bertz CT molecular complexity index is 344. The van der Waals surface area contributed by atoms with Crippen LogP contribution in [0.3, 0.4) is 0 Å². The summed E-state index contributed by atoms with van der Waals surface area (Å²) in [5.41, 5.74) is -0.490. The van der Waals surface area contributed by atoms with Gasteiger partial charge in [-0.05, 0) is 32.8 Å². The first-order valence-corrected chi connectivity index (χ1v) is 7.06. The Morgan fingerprint density at radius 2 is 2.06 bits per heavy atom. The highest BCUT2D eigenvalue weighted by molar-refractivity contribution is 4.88. The lowest BCUT2D eigenvalue weighted by atomic mass is 9.84. The maximum absolute atomic E-state index is 10.4. The number of hydrogen-bond acceptors (Lipinski definition) is 3. The van der Waals surface area contributed by atoms with E-state index in [2.05, 4.69) is 24.3 Å². The van der Waals surface area contributed by atoms with Crippen LogP contribution in [0.4, 0.5) is 0 Å². The van der Waals surface area contributed by atoms with Crippen LogP contribution < -0.4 is 5.32 Å². The molecule has 0 spiro atoms. The second-order valence-corrected chi connectivity index (χ2v) is 5.68. The number of hydrogen-bond donors (Lipinski definition) is 2. The van der Waals surface area contributed by atoms with E-state index in [1.165, 1.54) is 6.42 Å². The average molecular weight is 251 g/mol. The number of aliphatic hydroxyl groups is 1. The van der Waals surface area contributed by atoms with Gasteiger partial charge >= 0.3 is 0 Å². The van der Waals surface area contributed by atoms with Gasteiger partial charge in [0.15, 0.2) is 0 Å². The summed E-state index contributed by atoms with van der Waals surface area (Å²) in [5, 5.41) is 18.2. The predicted molar refractivity (Wildman–Crippen MR) is 72.4 cm³/mol. The van der Waals surface area contributed by atoms with Crippen molar-refractivity contribution < 1.29 is 5.11 Å². The lowest BCUT2D eigenvalue weighted by molar-refractivity contribution is 0.00181. The van der Waals surface area contributed by atoms with E-state index >= 15 is 0 Å². The van der Waals surface area contributed by atoms with E-state index in [4.69, 9.17) is 0 Å². The smallest absolute Gasteiger partial charge is 0.0771 e. The molecule has 0 saturated heterocycles. The summed E-state index contributed by atoms with van der Waals surface area (Å²) in [4.78, 5) is 0. The fourth-order valence-electron chi connectivity index (χ4n) is 2.66. The molecule has 2 unspecified atom stereocenters. The summed E-state index contributed by atoms with van der Waals surface area (Å²) in [6, 6.07) is 2.54. The standard InChI is InChI=1S/C14H25N3O/c1-12(13(2)17-10-6-9-16-17)15-11-14(18)7-4-3-5-8-14/h6,9-10,12-13,15,18H,3-5,7-8,11H2,1-2H3. The molecule has 1 saturated carbocycles. The molecule has 4 heteroatoms. The molecule has 0 aromatic carbocycles. The van der Waals surface area contributed by atoms with E-state index < -0.39 is 5.60 Å². The first-order chi connectivity index (χ1) is 8.61. The van der Waals surface area contributed by atoms with Crippen LogP contribution >= 0.6 is 0 Å². The van der Waals surface area contributed by atoms with Gasteiger partial charge in [-0.3, -0.25) is 4.68 Å². The van der Waals surface area contributed by atoms with Crippen LogP contribution in [0.2, 0.25) is 0 Å². The molecule has 1 aliphatic carbocycles. The minimum Gasteiger partial charge on any atom is -0.389 e. The second-order valence-electron chi connectivity index (χ2n) is 5.68. The molecule has 4 nitrogen and oxygen atoms in total. The minimum atomic E-state index is -0.490. The fourth-order valence-corrected chi connectivity index (χ4v) is 2.66. The maximum Gasteiger partial charge on any atom is 0.0771 e. The van der Waals surface area contributed by atoms with Crippen LogP contribution in [-0.4, -0.2) is 33.1 Å². The molecule has 102 valence electrons. The summed E-state index contributed by atoms with van der Waals surface area (Å²) >= 11 is 0. The van der Waals surface area contributed by atoms with Gasteiger partial charge in [-0.15, -0.1) is 0 Å². The first-order valence-electron chi connectivity index (χ1n) is 7.06. The SMILES string of the molecule is CC(NCC1(O)CCCCC1)C(C)n1cccn1. The zero-order valence-corrected chi connectivity index (χ0v) is 11.5. The monoisotopic (exact) mass is 251 g/mol. The van der Waals surface area contributed by atoms with Gasteiger partial charge in [0.2, 0.25) is 0 Å². The van der Waals surface area contributed by atoms with E-state index in [0.29, 0.717) is 18.6 Å². The molecule has 2 rings (SSSR count). The van der Waals surface area contributed by atoms with Crippen molar-refractivity contribution in [1.82, 2.24) is 15.1 Å². The van der Waals surface area contributed by atoms with Crippen LogP contribution in [0.15, 0.2) is 18.5 Å². The van der Waals surface area contributed by atoms with Crippen LogP contribution in [0.1, 0.15) is 52.0 Å². The molecule has 2 atom stereocenters. The molecule has 1 fully saturated rings. The van der Waals surface area contributed by atoms with Crippen molar-refractivity contribution in [1.29, 1.82) is 0 Å². The Kier molecular flexibility index (Phi) is 4.40. The average Bonchev–Trinajstić information content (AvgIpc) is 2.90. The largest absolute Gasteiger partial charge is 0.389 e. The van der Waals surface area contributed by atoms with Crippen LogP contribution in [0.5, 0.6) is 0 Å². The van der Waals surface area contributed by atoms with Crippen molar-refractivity contribution in [3.8, 4) is 0 Å². The van der Waals surface area contributed by atoms with Crippen LogP contribution in [0, 0.1) is 0 Å². The van der Waals surface area contributed by atoms with Crippen molar-refractivity contribution in [2.75, 3.05) is 6.54 Å². The number of aromatic nitrogens is 2. The molecule has 1 aliphatic rings. The predicted octanol–water partition coefficient (Wildman–Crippen LogP) is 2.12. The molecular formula is C14H25N3O. The Hall–Kier alpha value is -0.870. The van der Waals surface area contributed by atoms with Gasteiger partial charge in [0.1, 0.15) is 0 Å². The van der Waals surface area contributed by atoms with Crippen molar-refractivity contribution in [3.05, 3.63) is 18.5 Å². The molecule has 1 aromatic rings. The summed E-state index contributed by atoms with van der Waals surface area (Å²) in [6.45, 7) is 4.99. The van der Waals surface area contributed by atoms with Gasteiger partial charge in [-0.2, -0.15) is 5.10 Å². The number of nitrogens with zero attached hydrogens (tertiary/aromatic N) is 2. The van der Waals surface area contributed by atoms with Crippen molar-refractivity contribution >= 4 is 0 Å². The van der Waals surface area contributed by atoms with E-state index in [-0.39, 0.29) is 0 Å². The zero-order valence-electron chi connectivity index (χ0n) is 11.5. The molecule has 1 aromatic heterocycles. The zero-order chi connectivity index (χ0) is 13.0. The lowest BCUT2D eigenvalue weighted by Crippen LogP contribution is -2.46. The number of rotatable bonds is 5. The first kappa shape index (κ1) is 13.6. The highest BCUT2D eigenvalue weighted by atomic mass is 16.3. The molecule has 2 N–H and O–H groups in total. The quantitative estimate of drug-likeness (QED) is 0.842. The van der Waals surface area contributed by atoms with E-state index in [9.17, 15) is 5.11 Å². The Labute approximate surface area is 109 Å². The van der Waals surface area contributed by atoms with E-state index in [1.807, 2.05) is 16.9 Å². The highest BCUT2D eigenvalue weighted by Crippen LogP contribution is 2.27. The second kappa shape index (κ2) is 5.85. The van der Waals surface area contributed by atoms with Crippen LogP contribution in [-0.2, 0) is 0 Å². The summed E-state index contributed by atoms with van der Waals surface area (Å²) in [5.74, 6) is 0. The van der Waals surface area contributed by atoms with E-state index in [1.54, 1.807) is 6.20 Å². The normalized spacial score (nSPS) is 22.6. The third kappa shape index (κ3) is 3.33. The third-order valence-corrected chi connectivity index (χ3v) is 4.20. The molecule has 18 heavy (non-hydrogen) atoms. The fraction of sp³-hybridized carbons (Fsp3) is 0.786. The summed E-state index contributed by atoms with van der Waals surface area (Å²) < 4.78 is 1.96. The summed E-state index contributed by atoms with van der Waals surface area (Å²) in [6.07, 6.45) is 9.23. The number of nitrogens with one attached hydrogen (secondary N) is 1. The van der Waals surface area contributed by atoms with Gasteiger partial charge in [-0.1, -0.05) is 19.3 Å². The molecule has 1 heterocycles. The Morgan fingerprint density at radius 3 is 2.67 bits per heavy atom. The van der Waals surface area contributed by atoms with Gasteiger partial charge < -0.3 is 10.4 Å². The Balaban J connectivity index is 1.82. The van der Waals surface area contributed by atoms with Crippen LogP contribution in [0.25, 0.3) is 0 Å². The molecule has 0 bridgehead atoms. The molecular weight excluding hydrogens is 226 g/mol. The maximum atomic E-state index is 10.4. The van der Waals surface area contributed by atoms with Gasteiger partial charge in [-0.25, -0.2) is 0 Å². The van der Waals surface area contributed by atoms with Crippen molar-refractivity contribution in [3.63, 3.8) is 0 Å². The molecule has 0 radical (unpaired) electrons. The highest BCUT2D eigenvalue weighted by Gasteiger charge is 2.29. The van der Waals surface area contributed by atoms with Crippen molar-refractivity contribution in [2.24, 2.45) is 0 Å². The topological polar surface area (TPSA) is 50.1 Å². The Morgan fingerprint density at radius 1 is 1.33 bits per heavy atom.